The van der Waals surface area contributed by atoms with Crippen LogP contribution in [0.4, 0.5) is 0 Å². The lowest BCUT2D eigenvalue weighted by Crippen LogP contribution is -2.28. The van der Waals surface area contributed by atoms with Crippen molar-refractivity contribution in [2.45, 2.75) is 19.7 Å². The average Bonchev–Trinajstić information content (AvgIpc) is 2.51. The van der Waals surface area contributed by atoms with Crippen LogP contribution in [-0.2, 0) is 5.88 Å². The second kappa shape index (κ2) is 7.46. The molecule has 0 radical (unpaired) electrons. The molecule has 3 nitrogen and oxygen atoms in total. The maximum Gasteiger partial charge on any atom is 0.221 e. The minimum absolute atomic E-state index is 0.400. The molecule has 108 valence electrons. The Hall–Kier alpha value is -1.32. The van der Waals surface area contributed by atoms with E-state index < -0.39 is 0 Å². The summed E-state index contributed by atoms with van der Waals surface area (Å²) in [6.45, 7) is 7.95. The van der Waals surface area contributed by atoms with Crippen molar-refractivity contribution in [2.75, 3.05) is 26.2 Å². The summed E-state index contributed by atoms with van der Waals surface area (Å²) >= 11 is 5.90. The number of halogens is 1. The first kappa shape index (κ1) is 15.1. The first-order chi connectivity index (χ1) is 9.78. The van der Waals surface area contributed by atoms with E-state index in [1.807, 2.05) is 24.3 Å². The summed E-state index contributed by atoms with van der Waals surface area (Å²) in [7, 11) is 0. The Morgan fingerprint density at radius 2 is 1.95 bits per heavy atom. The predicted octanol–water partition coefficient (Wildman–Crippen LogP) is 3.69. The van der Waals surface area contributed by atoms with Crippen LogP contribution < -0.4 is 4.74 Å². The van der Waals surface area contributed by atoms with Crippen molar-refractivity contribution in [3.8, 4) is 5.88 Å². The zero-order chi connectivity index (χ0) is 14.4. The molecule has 0 aliphatic rings. The molecule has 0 saturated heterocycles. The fourth-order valence-electron chi connectivity index (χ4n) is 2.21. The molecule has 4 heteroatoms. The van der Waals surface area contributed by atoms with Gasteiger partial charge in [0.2, 0.25) is 5.88 Å². The molecule has 2 aromatic rings. The molecular weight excluding hydrogens is 272 g/mol. The average molecular weight is 293 g/mol. The standard InChI is InChI=1S/C16H21ClN2O/c1-3-19(4-2)9-10-20-16-15-8-6-5-7-13(15)11-14(12-17)18-16/h5-8,11H,3-4,9-10,12H2,1-2H3. The van der Waals surface area contributed by atoms with E-state index in [2.05, 4.69) is 29.8 Å². The third-order valence-electron chi connectivity index (χ3n) is 3.44. The second-order valence-electron chi connectivity index (χ2n) is 4.65. The number of fused-ring (bicyclic) bond motifs is 1. The molecule has 20 heavy (non-hydrogen) atoms. The minimum atomic E-state index is 0.400. The summed E-state index contributed by atoms with van der Waals surface area (Å²) in [5.74, 6) is 1.09. The maximum atomic E-state index is 5.90. The normalized spacial score (nSPS) is 11.2. The Balaban J connectivity index is 2.15. The molecule has 1 aromatic carbocycles. The van der Waals surface area contributed by atoms with Gasteiger partial charge in [-0.1, -0.05) is 32.0 Å². The van der Waals surface area contributed by atoms with E-state index in [0.717, 1.165) is 36.1 Å². The van der Waals surface area contributed by atoms with Crippen molar-refractivity contribution in [2.24, 2.45) is 0 Å². The van der Waals surface area contributed by atoms with E-state index >= 15 is 0 Å². The Bertz CT molecular complexity index is 555. The maximum absolute atomic E-state index is 5.90. The highest BCUT2D eigenvalue weighted by Crippen LogP contribution is 2.25. The highest BCUT2D eigenvalue weighted by atomic mass is 35.5. The third kappa shape index (κ3) is 3.62. The topological polar surface area (TPSA) is 25.4 Å². The lowest BCUT2D eigenvalue weighted by atomic mass is 10.1. The molecular formula is C16H21ClN2O. The highest BCUT2D eigenvalue weighted by Gasteiger charge is 2.07. The summed E-state index contributed by atoms with van der Waals surface area (Å²) in [6, 6.07) is 10.1. The van der Waals surface area contributed by atoms with Gasteiger partial charge in [0.15, 0.2) is 0 Å². The Morgan fingerprint density at radius 1 is 1.20 bits per heavy atom. The molecule has 1 heterocycles. The van der Waals surface area contributed by atoms with Crippen LogP contribution in [0.3, 0.4) is 0 Å². The Kier molecular flexibility index (Phi) is 5.62. The number of hydrogen-bond acceptors (Lipinski definition) is 3. The number of benzene rings is 1. The molecule has 2 rings (SSSR count). The van der Waals surface area contributed by atoms with Crippen LogP contribution in [0.25, 0.3) is 10.8 Å². The molecule has 0 atom stereocenters. The summed E-state index contributed by atoms with van der Waals surface area (Å²) in [6.07, 6.45) is 0. The number of likely N-dealkylation sites (N-methyl/N-ethyl adjacent to an activating group) is 1. The summed E-state index contributed by atoms with van der Waals surface area (Å²) < 4.78 is 5.88. The lowest BCUT2D eigenvalue weighted by Gasteiger charge is -2.18. The van der Waals surface area contributed by atoms with Crippen molar-refractivity contribution < 1.29 is 4.74 Å². The van der Waals surface area contributed by atoms with Gasteiger partial charge in [0.1, 0.15) is 6.61 Å². The third-order valence-corrected chi connectivity index (χ3v) is 3.71. The summed E-state index contributed by atoms with van der Waals surface area (Å²) in [5, 5.41) is 2.16. The molecule has 0 unspecified atom stereocenters. The number of pyridine rings is 1. The molecule has 0 spiro atoms. The quantitative estimate of drug-likeness (QED) is 0.728. The van der Waals surface area contributed by atoms with Gasteiger partial charge in [-0.15, -0.1) is 11.6 Å². The summed E-state index contributed by atoms with van der Waals surface area (Å²) in [5.41, 5.74) is 0.850. The minimum Gasteiger partial charge on any atom is -0.476 e. The van der Waals surface area contributed by atoms with E-state index in [1.54, 1.807) is 0 Å². The van der Waals surface area contributed by atoms with Gasteiger partial charge in [-0.25, -0.2) is 4.98 Å². The second-order valence-corrected chi connectivity index (χ2v) is 4.92. The number of nitrogens with zero attached hydrogens (tertiary/aromatic N) is 2. The van der Waals surface area contributed by atoms with Crippen LogP contribution in [0.5, 0.6) is 5.88 Å². The molecule has 0 fully saturated rings. The Labute approximate surface area is 125 Å². The smallest absolute Gasteiger partial charge is 0.221 e. The van der Waals surface area contributed by atoms with E-state index in [0.29, 0.717) is 18.4 Å². The van der Waals surface area contributed by atoms with Crippen molar-refractivity contribution >= 4 is 22.4 Å². The van der Waals surface area contributed by atoms with E-state index in [4.69, 9.17) is 16.3 Å². The fourth-order valence-corrected chi connectivity index (χ4v) is 2.35. The largest absolute Gasteiger partial charge is 0.476 e. The Morgan fingerprint density at radius 3 is 2.65 bits per heavy atom. The van der Waals surface area contributed by atoms with Gasteiger partial charge in [-0.3, -0.25) is 0 Å². The van der Waals surface area contributed by atoms with Crippen molar-refractivity contribution in [1.29, 1.82) is 0 Å². The number of ether oxygens (including phenoxy) is 1. The number of hydrogen-bond donors (Lipinski definition) is 0. The van der Waals surface area contributed by atoms with Gasteiger partial charge in [0.25, 0.3) is 0 Å². The van der Waals surface area contributed by atoms with Crippen LogP contribution in [0, 0.1) is 0 Å². The SMILES string of the molecule is CCN(CC)CCOc1nc(CCl)cc2ccccc12. The first-order valence-corrected chi connectivity index (χ1v) is 7.61. The summed E-state index contributed by atoms with van der Waals surface area (Å²) in [4.78, 5) is 6.82. The fraction of sp³-hybridized carbons (Fsp3) is 0.438. The zero-order valence-electron chi connectivity index (χ0n) is 12.1. The number of aromatic nitrogens is 1. The van der Waals surface area contributed by atoms with Gasteiger partial charge in [0, 0.05) is 11.9 Å². The van der Waals surface area contributed by atoms with Crippen LogP contribution in [0.2, 0.25) is 0 Å². The van der Waals surface area contributed by atoms with Crippen LogP contribution >= 0.6 is 11.6 Å². The molecule has 1 aromatic heterocycles. The molecule has 0 aliphatic carbocycles. The van der Waals surface area contributed by atoms with Gasteiger partial charge in [-0.05, 0) is 30.6 Å². The predicted molar refractivity (Wildman–Crippen MR) is 84.6 cm³/mol. The van der Waals surface area contributed by atoms with E-state index in [1.165, 1.54) is 0 Å². The highest BCUT2D eigenvalue weighted by molar-refractivity contribution is 6.17. The van der Waals surface area contributed by atoms with Crippen LogP contribution in [-0.4, -0.2) is 36.1 Å². The van der Waals surface area contributed by atoms with E-state index in [9.17, 15) is 0 Å². The first-order valence-electron chi connectivity index (χ1n) is 7.08. The zero-order valence-corrected chi connectivity index (χ0v) is 12.9. The van der Waals surface area contributed by atoms with E-state index in [-0.39, 0.29) is 0 Å². The molecule has 0 amide bonds. The van der Waals surface area contributed by atoms with Crippen LogP contribution in [0.1, 0.15) is 19.5 Å². The molecule has 0 N–H and O–H groups in total. The van der Waals surface area contributed by atoms with Crippen molar-refractivity contribution in [1.82, 2.24) is 9.88 Å². The number of rotatable bonds is 7. The monoisotopic (exact) mass is 292 g/mol. The van der Waals surface area contributed by atoms with Gasteiger partial charge >= 0.3 is 0 Å². The van der Waals surface area contributed by atoms with Gasteiger partial charge in [0.05, 0.1) is 11.6 Å². The van der Waals surface area contributed by atoms with Crippen molar-refractivity contribution in [3.63, 3.8) is 0 Å². The molecule has 0 aliphatic heterocycles. The lowest BCUT2D eigenvalue weighted by molar-refractivity contribution is 0.219. The molecule has 0 bridgehead atoms. The van der Waals surface area contributed by atoms with Crippen LogP contribution in [0.15, 0.2) is 30.3 Å². The van der Waals surface area contributed by atoms with Gasteiger partial charge < -0.3 is 9.64 Å². The molecule has 0 saturated carbocycles. The van der Waals surface area contributed by atoms with Gasteiger partial charge in [-0.2, -0.15) is 0 Å². The number of alkyl halides is 1. The van der Waals surface area contributed by atoms with Crippen molar-refractivity contribution in [3.05, 3.63) is 36.0 Å².